The fraction of sp³-hybridized carbons (Fsp3) is 0.346. The van der Waals surface area contributed by atoms with Gasteiger partial charge in [0.05, 0.1) is 6.54 Å². The number of ether oxygens (including phenoxy) is 1. The van der Waals surface area contributed by atoms with E-state index in [1.54, 1.807) is 0 Å². The molecule has 6 heteroatoms. The lowest BCUT2D eigenvalue weighted by atomic mass is 10.1. The van der Waals surface area contributed by atoms with E-state index in [1.807, 2.05) is 78.5 Å². The van der Waals surface area contributed by atoms with E-state index in [2.05, 4.69) is 16.1 Å². The summed E-state index contributed by atoms with van der Waals surface area (Å²) in [5, 5.41) is 2.80. The molecule has 0 saturated heterocycles. The number of hydrogen-bond acceptors (Lipinski definition) is 3. The number of nitrogens with one attached hydrogen (secondary N) is 1. The molecule has 0 aliphatic carbocycles. The monoisotopic (exact) mass is 434 g/mol. The number of unbranched alkanes of at least 4 members (excludes halogenated alkanes) is 3. The molecule has 32 heavy (non-hydrogen) atoms. The Bertz CT molecular complexity index is 984. The molecule has 1 aromatic heterocycles. The minimum absolute atomic E-state index is 0.117. The molecule has 3 rings (SSSR count). The highest BCUT2D eigenvalue weighted by Gasteiger charge is 2.14. The van der Waals surface area contributed by atoms with Gasteiger partial charge in [-0.25, -0.2) is 13.9 Å². The van der Waals surface area contributed by atoms with Crippen LogP contribution in [0.4, 0.5) is 4.79 Å². The summed E-state index contributed by atoms with van der Waals surface area (Å²) in [6.45, 7) is 4.21. The highest BCUT2D eigenvalue weighted by atomic mass is 16.5. The van der Waals surface area contributed by atoms with Gasteiger partial charge in [0.1, 0.15) is 18.5 Å². The molecule has 0 atom stereocenters. The molecule has 0 bridgehead atoms. The normalized spacial score (nSPS) is 10.7. The Labute approximate surface area is 189 Å². The van der Waals surface area contributed by atoms with Crippen LogP contribution in [0.2, 0.25) is 0 Å². The van der Waals surface area contributed by atoms with Crippen molar-refractivity contribution in [2.75, 3.05) is 6.54 Å². The first-order valence-corrected chi connectivity index (χ1v) is 11.2. The molecule has 0 fully saturated rings. The molecule has 2 aromatic carbocycles. The van der Waals surface area contributed by atoms with E-state index in [9.17, 15) is 9.59 Å². The standard InChI is InChI=1S/C26H31N3O3/c1-22-18-28(21-29(22)19-25(30)24-14-8-5-9-15-24)17-11-3-2-10-16-27-26(31)32-20-23-12-6-4-7-13-23/h4-9,12-15,18,21H,2-3,10-11,16-17,19-20H2,1H3/p+1. The van der Waals surface area contributed by atoms with Gasteiger partial charge in [-0.2, -0.15) is 0 Å². The second kappa shape index (κ2) is 12.4. The summed E-state index contributed by atoms with van der Waals surface area (Å²) in [5.74, 6) is 0.117. The number of Topliss-reactive ketones (excluding diaryl/α,β-unsaturated/α-hetero) is 1. The van der Waals surface area contributed by atoms with Gasteiger partial charge in [-0.3, -0.25) is 4.79 Å². The Kier molecular flexibility index (Phi) is 9.05. The number of rotatable bonds is 12. The van der Waals surface area contributed by atoms with Crippen LogP contribution in [0.5, 0.6) is 0 Å². The van der Waals surface area contributed by atoms with Gasteiger partial charge in [0.25, 0.3) is 0 Å². The van der Waals surface area contributed by atoms with Crippen molar-refractivity contribution in [3.63, 3.8) is 0 Å². The van der Waals surface area contributed by atoms with Crippen LogP contribution in [-0.4, -0.2) is 23.0 Å². The molecule has 0 saturated carbocycles. The number of alkyl carbamates (subject to hydrolysis) is 1. The zero-order valence-electron chi connectivity index (χ0n) is 18.7. The summed E-state index contributed by atoms with van der Waals surface area (Å²) >= 11 is 0. The van der Waals surface area contributed by atoms with Crippen molar-refractivity contribution in [1.29, 1.82) is 0 Å². The van der Waals surface area contributed by atoms with Gasteiger partial charge in [-0.05, 0) is 24.8 Å². The molecule has 0 aliphatic heterocycles. The molecule has 3 aromatic rings. The second-order valence-corrected chi connectivity index (χ2v) is 7.94. The van der Waals surface area contributed by atoms with Crippen LogP contribution in [-0.2, 0) is 24.4 Å². The van der Waals surface area contributed by atoms with Crippen LogP contribution < -0.4 is 9.88 Å². The van der Waals surface area contributed by atoms with Crippen molar-refractivity contribution < 1.29 is 18.9 Å². The maximum Gasteiger partial charge on any atom is 0.407 e. The van der Waals surface area contributed by atoms with Gasteiger partial charge < -0.3 is 10.1 Å². The fourth-order valence-electron chi connectivity index (χ4n) is 3.51. The summed E-state index contributed by atoms with van der Waals surface area (Å²) in [4.78, 5) is 24.2. The highest BCUT2D eigenvalue weighted by molar-refractivity contribution is 5.95. The van der Waals surface area contributed by atoms with Crippen molar-refractivity contribution in [2.24, 2.45) is 0 Å². The second-order valence-electron chi connectivity index (χ2n) is 7.94. The minimum atomic E-state index is -0.369. The summed E-state index contributed by atoms with van der Waals surface area (Å²) in [6.07, 6.45) is 7.84. The van der Waals surface area contributed by atoms with E-state index in [1.165, 1.54) is 0 Å². The molecule has 0 unspecified atom stereocenters. The molecule has 1 N–H and O–H groups in total. The number of carbonyl (C=O) groups is 2. The predicted octanol–water partition coefficient (Wildman–Crippen LogP) is 4.45. The lowest BCUT2D eigenvalue weighted by molar-refractivity contribution is -0.697. The van der Waals surface area contributed by atoms with Crippen LogP contribution in [0.1, 0.15) is 47.3 Å². The summed E-state index contributed by atoms with van der Waals surface area (Å²) in [7, 11) is 0. The molecule has 0 spiro atoms. The number of amides is 1. The van der Waals surface area contributed by atoms with Crippen LogP contribution in [0.3, 0.4) is 0 Å². The smallest absolute Gasteiger partial charge is 0.407 e. The van der Waals surface area contributed by atoms with Gasteiger partial charge in [-0.15, -0.1) is 0 Å². The molecule has 6 nitrogen and oxygen atoms in total. The number of hydrogen-bond donors (Lipinski definition) is 1. The number of imidazole rings is 1. The Balaban J connectivity index is 1.27. The van der Waals surface area contributed by atoms with Gasteiger partial charge in [-0.1, -0.05) is 67.1 Å². The van der Waals surface area contributed by atoms with E-state index in [0.29, 0.717) is 19.7 Å². The van der Waals surface area contributed by atoms with Crippen molar-refractivity contribution in [3.8, 4) is 0 Å². The number of nitrogens with zero attached hydrogens (tertiary/aromatic N) is 2. The molecule has 1 amide bonds. The third kappa shape index (κ3) is 7.69. The zero-order chi connectivity index (χ0) is 22.6. The number of aryl methyl sites for hydroxylation is 2. The van der Waals surface area contributed by atoms with E-state index in [-0.39, 0.29) is 11.9 Å². The number of carbonyl (C=O) groups excluding carboxylic acids is 2. The lowest BCUT2D eigenvalue weighted by Gasteiger charge is -2.07. The first kappa shape index (κ1) is 23.3. The van der Waals surface area contributed by atoms with E-state index >= 15 is 0 Å². The van der Waals surface area contributed by atoms with E-state index in [4.69, 9.17) is 4.74 Å². The largest absolute Gasteiger partial charge is 0.445 e. The van der Waals surface area contributed by atoms with Crippen LogP contribution in [0.25, 0.3) is 0 Å². The molecular formula is C26H32N3O3+. The quantitative estimate of drug-likeness (QED) is 0.260. The number of ketones is 1. The van der Waals surface area contributed by atoms with Gasteiger partial charge >= 0.3 is 6.09 Å². The van der Waals surface area contributed by atoms with Gasteiger partial charge in [0, 0.05) is 19.0 Å². The van der Waals surface area contributed by atoms with Crippen molar-refractivity contribution in [2.45, 2.75) is 52.3 Å². The number of aromatic nitrogens is 2. The zero-order valence-corrected chi connectivity index (χ0v) is 18.7. The topological polar surface area (TPSA) is 64.2 Å². The molecule has 1 heterocycles. The third-order valence-corrected chi connectivity index (χ3v) is 5.33. The first-order chi connectivity index (χ1) is 15.6. The first-order valence-electron chi connectivity index (χ1n) is 11.2. The summed E-state index contributed by atoms with van der Waals surface area (Å²) in [5.41, 5.74) is 2.80. The molecule has 0 radical (unpaired) electrons. The lowest BCUT2D eigenvalue weighted by Crippen LogP contribution is -2.31. The van der Waals surface area contributed by atoms with E-state index in [0.717, 1.165) is 49.0 Å². The minimum Gasteiger partial charge on any atom is -0.445 e. The van der Waals surface area contributed by atoms with Crippen LogP contribution in [0.15, 0.2) is 73.2 Å². The Morgan fingerprint density at radius 3 is 2.38 bits per heavy atom. The Morgan fingerprint density at radius 1 is 0.938 bits per heavy atom. The average Bonchev–Trinajstić information content (AvgIpc) is 3.17. The van der Waals surface area contributed by atoms with Crippen molar-refractivity contribution >= 4 is 11.9 Å². The van der Waals surface area contributed by atoms with Crippen LogP contribution in [0, 0.1) is 6.92 Å². The maximum atomic E-state index is 12.4. The maximum absolute atomic E-state index is 12.4. The third-order valence-electron chi connectivity index (χ3n) is 5.33. The van der Waals surface area contributed by atoms with Gasteiger partial charge in [0.15, 0.2) is 6.54 Å². The fourth-order valence-corrected chi connectivity index (χ4v) is 3.51. The van der Waals surface area contributed by atoms with Crippen molar-refractivity contribution in [3.05, 3.63) is 90.0 Å². The number of benzene rings is 2. The molecular weight excluding hydrogens is 402 g/mol. The van der Waals surface area contributed by atoms with Gasteiger partial charge in [0.2, 0.25) is 12.1 Å². The van der Waals surface area contributed by atoms with Crippen LogP contribution >= 0.6 is 0 Å². The highest BCUT2D eigenvalue weighted by Crippen LogP contribution is 2.05. The SMILES string of the molecule is Cc1c[n+](CCCCCCNC(=O)OCc2ccccc2)cn1CC(=O)c1ccccc1. The van der Waals surface area contributed by atoms with Crippen molar-refractivity contribution in [1.82, 2.24) is 9.88 Å². The Morgan fingerprint density at radius 2 is 1.62 bits per heavy atom. The summed E-state index contributed by atoms with van der Waals surface area (Å²) < 4.78 is 9.35. The molecule has 168 valence electrons. The predicted molar refractivity (Wildman–Crippen MR) is 123 cm³/mol. The summed E-state index contributed by atoms with van der Waals surface area (Å²) in [6, 6.07) is 19.1. The average molecular weight is 435 g/mol. The Hall–Kier alpha value is -3.41. The van der Waals surface area contributed by atoms with E-state index < -0.39 is 0 Å². The molecule has 0 aliphatic rings.